The molecule has 6 rings (SSSR count). The third-order valence-corrected chi connectivity index (χ3v) is 13.8. The lowest BCUT2D eigenvalue weighted by Gasteiger charge is -2.69. The summed E-state index contributed by atoms with van der Waals surface area (Å²) in [5.74, 6) is 0.624. The number of ether oxygens (including phenoxy) is 1. The van der Waals surface area contributed by atoms with Crippen LogP contribution in [-0.2, 0) is 14.4 Å². The number of nitriles is 1. The molecule has 0 radical (unpaired) electrons. The van der Waals surface area contributed by atoms with Gasteiger partial charge in [0, 0.05) is 23.2 Å². The molecule has 0 heterocycles. The molecule has 234 valence electrons. The van der Waals surface area contributed by atoms with Crippen molar-refractivity contribution in [3.8, 4) is 11.8 Å². The number of benzene rings is 1. The Bertz CT molecular complexity index is 1510. The fourth-order valence-electron chi connectivity index (χ4n) is 11.2. The van der Waals surface area contributed by atoms with Gasteiger partial charge in [-0.05, 0) is 103 Å². The van der Waals surface area contributed by atoms with Gasteiger partial charge in [-0.1, -0.05) is 78.3 Å². The Kier molecular flexibility index (Phi) is 7.05. The summed E-state index contributed by atoms with van der Waals surface area (Å²) in [6.07, 6.45) is 11.8. The van der Waals surface area contributed by atoms with Crippen LogP contribution in [-0.4, -0.2) is 17.5 Å². The molecule has 0 aromatic heterocycles. The average Bonchev–Trinajstić information content (AvgIpc) is 2.96. The summed E-state index contributed by atoms with van der Waals surface area (Å²) < 4.78 is 5.69. The predicted octanol–water partition coefficient (Wildman–Crippen LogP) is 8.59. The topological polar surface area (TPSA) is 84.2 Å². The van der Waals surface area contributed by atoms with Crippen LogP contribution in [0.4, 0.5) is 0 Å². The Balaban J connectivity index is 1.39. The first kappa shape index (κ1) is 31.0. The van der Waals surface area contributed by atoms with Gasteiger partial charge in [0.2, 0.25) is 0 Å². The molecule has 5 aliphatic rings. The second-order valence-electron chi connectivity index (χ2n) is 16.9. The highest BCUT2D eigenvalue weighted by molar-refractivity contribution is 6.04. The first-order valence-electron chi connectivity index (χ1n) is 16.7. The summed E-state index contributed by atoms with van der Waals surface area (Å²) in [6.45, 7) is 15.6. The number of allylic oxidation sites excluding steroid dienone is 4. The molecule has 5 nitrogen and oxygen atoms in total. The second-order valence-corrected chi connectivity index (χ2v) is 16.9. The maximum atomic E-state index is 14.7. The molecule has 0 spiro atoms. The summed E-state index contributed by atoms with van der Waals surface area (Å²) in [4.78, 5) is 41.1. The molecular formula is C39H49NO4. The van der Waals surface area contributed by atoms with Crippen molar-refractivity contribution in [2.75, 3.05) is 0 Å². The first-order valence-corrected chi connectivity index (χ1v) is 16.7. The lowest BCUT2D eigenvalue weighted by molar-refractivity contribution is -0.173. The van der Waals surface area contributed by atoms with E-state index < -0.39 is 10.8 Å². The molecule has 0 amide bonds. The zero-order valence-electron chi connectivity index (χ0n) is 27.7. The van der Waals surface area contributed by atoms with Crippen molar-refractivity contribution in [3.05, 3.63) is 53.6 Å². The number of para-hydroxylation sites is 1. The summed E-state index contributed by atoms with van der Waals surface area (Å²) >= 11 is 0. The van der Waals surface area contributed by atoms with Gasteiger partial charge in [-0.15, -0.1) is 0 Å². The second kappa shape index (κ2) is 10.0. The molecule has 0 saturated heterocycles. The highest BCUT2D eigenvalue weighted by atomic mass is 16.5. The van der Waals surface area contributed by atoms with E-state index in [-0.39, 0.29) is 62.5 Å². The van der Waals surface area contributed by atoms with Crippen LogP contribution in [0.3, 0.4) is 0 Å². The van der Waals surface area contributed by atoms with Gasteiger partial charge in [-0.3, -0.25) is 14.4 Å². The molecule has 7 atom stereocenters. The fraction of sp³-hybridized carbons (Fsp3) is 0.641. The molecule has 1 aromatic carbocycles. The summed E-state index contributed by atoms with van der Waals surface area (Å²) in [5, 5.41) is 9.97. The van der Waals surface area contributed by atoms with E-state index in [0.717, 1.165) is 56.9 Å². The number of esters is 1. The van der Waals surface area contributed by atoms with Crippen molar-refractivity contribution in [3.63, 3.8) is 0 Å². The Morgan fingerprint density at radius 3 is 2.32 bits per heavy atom. The molecule has 0 aliphatic heterocycles. The van der Waals surface area contributed by atoms with Crippen LogP contribution in [0.1, 0.15) is 106 Å². The Morgan fingerprint density at radius 1 is 0.955 bits per heavy atom. The highest BCUT2D eigenvalue weighted by Crippen LogP contribution is 2.75. The number of nitrogens with zero attached hydrogens (tertiary/aromatic N) is 1. The van der Waals surface area contributed by atoms with E-state index in [2.05, 4.69) is 40.7 Å². The summed E-state index contributed by atoms with van der Waals surface area (Å²) in [5.41, 5.74) is -0.248. The van der Waals surface area contributed by atoms with Crippen LogP contribution in [0, 0.1) is 61.6 Å². The Hall–Kier alpha value is -3.00. The van der Waals surface area contributed by atoms with Gasteiger partial charge < -0.3 is 4.74 Å². The molecule has 44 heavy (non-hydrogen) atoms. The van der Waals surface area contributed by atoms with Crippen LogP contribution in [0.15, 0.2) is 53.6 Å². The van der Waals surface area contributed by atoms with Crippen LogP contribution in [0.2, 0.25) is 0 Å². The molecular weight excluding hydrogens is 546 g/mol. The Morgan fingerprint density at radius 2 is 1.64 bits per heavy atom. The zero-order valence-corrected chi connectivity index (χ0v) is 27.7. The van der Waals surface area contributed by atoms with Crippen molar-refractivity contribution < 1.29 is 19.1 Å². The van der Waals surface area contributed by atoms with E-state index in [1.165, 1.54) is 0 Å². The molecule has 0 bridgehead atoms. The van der Waals surface area contributed by atoms with Gasteiger partial charge in [0.1, 0.15) is 11.8 Å². The summed E-state index contributed by atoms with van der Waals surface area (Å²) in [6, 6.07) is 11.5. The maximum absolute atomic E-state index is 14.7. The van der Waals surface area contributed by atoms with Gasteiger partial charge in [-0.2, -0.15) is 5.26 Å². The van der Waals surface area contributed by atoms with E-state index in [9.17, 15) is 19.6 Å². The minimum absolute atomic E-state index is 0.0406. The van der Waals surface area contributed by atoms with Crippen molar-refractivity contribution in [1.82, 2.24) is 0 Å². The van der Waals surface area contributed by atoms with Crippen LogP contribution < -0.4 is 4.74 Å². The smallest absolute Gasteiger partial charge is 0.311 e. The van der Waals surface area contributed by atoms with Crippen LogP contribution in [0.25, 0.3) is 0 Å². The summed E-state index contributed by atoms with van der Waals surface area (Å²) in [7, 11) is 0. The minimum Gasteiger partial charge on any atom is -0.427 e. The predicted molar refractivity (Wildman–Crippen MR) is 170 cm³/mol. The maximum Gasteiger partial charge on any atom is 0.311 e. The van der Waals surface area contributed by atoms with E-state index in [1.807, 2.05) is 56.3 Å². The number of carbonyl (C=O) groups excluding carboxylic acids is 3. The van der Waals surface area contributed by atoms with Crippen molar-refractivity contribution in [2.24, 2.45) is 50.2 Å². The van der Waals surface area contributed by atoms with Gasteiger partial charge >= 0.3 is 5.97 Å². The standard InChI is InChI=1S/C39H49NO4/c1-34(2)17-19-39(16-14-31(42)44-26-11-9-8-10-12-26)20-18-38(7)32(27(39)23-34)28(41)21-30-36(5)22-25(24-40)33(43)35(3,4)29(36)13-15-37(30,38)6/h8-12,21-22,27,29,32H,13-20,23H2,1-7H3. The van der Waals surface area contributed by atoms with Gasteiger partial charge in [0.05, 0.1) is 5.57 Å². The first-order chi connectivity index (χ1) is 20.5. The molecule has 5 heteroatoms. The van der Waals surface area contributed by atoms with Crippen molar-refractivity contribution >= 4 is 17.5 Å². The van der Waals surface area contributed by atoms with E-state index >= 15 is 0 Å². The zero-order chi connectivity index (χ0) is 31.9. The quantitative estimate of drug-likeness (QED) is 0.257. The monoisotopic (exact) mass is 595 g/mol. The minimum atomic E-state index is -0.666. The van der Waals surface area contributed by atoms with E-state index in [0.29, 0.717) is 12.2 Å². The van der Waals surface area contributed by atoms with Crippen LogP contribution >= 0.6 is 0 Å². The third kappa shape index (κ3) is 4.33. The SMILES string of the molecule is CC1(C)CCC2(CCC(=O)Oc3ccccc3)CCC3(C)C(C(=O)C=C4C5(C)C=C(C#N)C(=O)C(C)(C)C5CCC43C)C2C1. The number of fused-ring (bicyclic) bond motifs is 7. The third-order valence-electron chi connectivity index (χ3n) is 13.8. The highest BCUT2D eigenvalue weighted by Gasteiger charge is 2.69. The van der Waals surface area contributed by atoms with Crippen molar-refractivity contribution in [2.45, 2.75) is 106 Å². The van der Waals surface area contributed by atoms with Gasteiger partial charge in [-0.25, -0.2) is 0 Å². The lowest BCUT2D eigenvalue weighted by atomic mass is 9.34. The normalized spacial score (nSPS) is 40.2. The molecule has 0 N–H and O–H groups in total. The number of hydrogen-bond acceptors (Lipinski definition) is 5. The lowest BCUT2D eigenvalue weighted by Crippen LogP contribution is -2.64. The van der Waals surface area contributed by atoms with E-state index in [4.69, 9.17) is 4.74 Å². The number of hydrogen-bond donors (Lipinski definition) is 0. The molecule has 5 aliphatic carbocycles. The van der Waals surface area contributed by atoms with Crippen molar-refractivity contribution in [1.29, 1.82) is 5.26 Å². The molecule has 3 saturated carbocycles. The average molecular weight is 596 g/mol. The molecule has 3 fully saturated rings. The number of ketones is 2. The largest absolute Gasteiger partial charge is 0.427 e. The number of rotatable bonds is 4. The van der Waals surface area contributed by atoms with Gasteiger partial charge in [0.25, 0.3) is 0 Å². The Labute approximate surface area is 263 Å². The number of carbonyl (C=O) groups is 3. The van der Waals surface area contributed by atoms with Crippen LogP contribution in [0.5, 0.6) is 5.75 Å². The number of Topliss-reactive ketones (excluding diaryl/α,β-unsaturated/α-hetero) is 1. The van der Waals surface area contributed by atoms with Gasteiger partial charge in [0.15, 0.2) is 11.6 Å². The van der Waals surface area contributed by atoms with E-state index in [1.54, 1.807) is 0 Å². The molecule has 7 unspecified atom stereocenters. The fourth-order valence-corrected chi connectivity index (χ4v) is 11.2. The molecule has 1 aromatic rings.